The van der Waals surface area contributed by atoms with Crippen molar-refractivity contribution in [1.29, 1.82) is 0 Å². The zero-order chi connectivity index (χ0) is 14.4. The highest BCUT2D eigenvalue weighted by Gasteiger charge is 2.40. The Kier molecular flexibility index (Phi) is 3.16. The van der Waals surface area contributed by atoms with E-state index < -0.39 is 5.67 Å². The molecular formula is C16H22FNO2. The van der Waals surface area contributed by atoms with Crippen molar-refractivity contribution in [1.82, 2.24) is 0 Å². The minimum atomic E-state index is -1.40. The van der Waals surface area contributed by atoms with Crippen molar-refractivity contribution in [3.8, 4) is 11.5 Å². The second-order valence-electron chi connectivity index (χ2n) is 6.42. The number of rotatable bonds is 3. The SMILES string of the molecule is CC(C)(F)c1cc2c(c(C3(CN)CCCC3)c1)OCO2. The van der Waals surface area contributed by atoms with E-state index in [9.17, 15) is 4.39 Å². The van der Waals surface area contributed by atoms with E-state index in [4.69, 9.17) is 15.2 Å². The van der Waals surface area contributed by atoms with Crippen molar-refractivity contribution in [2.24, 2.45) is 5.73 Å². The van der Waals surface area contributed by atoms with E-state index in [1.807, 2.05) is 6.07 Å². The molecule has 4 heteroatoms. The van der Waals surface area contributed by atoms with Gasteiger partial charge in [-0.05, 0) is 44.4 Å². The highest BCUT2D eigenvalue weighted by Crippen LogP contribution is 2.50. The first-order valence-electron chi connectivity index (χ1n) is 7.30. The fraction of sp³-hybridized carbons (Fsp3) is 0.625. The molecule has 1 aromatic rings. The number of alkyl halides is 1. The van der Waals surface area contributed by atoms with Gasteiger partial charge in [-0.2, -0.15) is 0 Å². The first-order chi connectivity index (χ1) is 9.46. The molecule has 1 fully saturated rings. The molecule has 1 aromatic carbocycles. The predicted molar refractivity (Wildman–Crippen MR) is 75.9 cm³/mol. The molecule has 3 nitrogen and oxygen atoms in total. The van der Waals surface area contributed by atoms with Gasteiger partial charge in [-0.3, -0.25) is 0 Å². The standard InChI is InChI=1S/C16H22FNO2/c1-15(2,17)11-7-12(14-13(8-11)19-10-20-14)16(9-18)5-3-4-6-16/h7-8H,3-6,9-10,18H2,1-2H3. The monoisotopic (exact) mass is 279 g/mol. The maximum Gasteiger partial charge on any atom is 0.231 e. The Hall–Kier alpha value is -1.29. The largest absolute Gasteiger partial charge is 0.454 e. The van der Waals surface area contributed by atoms with E-state index in [0.717, 1.165) is 37.0 Å². The van der Waals surface area contributed by atoms with Gasteiger partial charge >= 0.3 is 0 Å². The van der Waals surface area contributed by atoms with Crippen LogP contribution in [-0.4, -0.2) is 13.3 Å². The Morgan fingerprint density at radius 3 is 2.55 bits per heavy atom. The zero-order valence-corrected chi connectivity index (χ0v) is 12.2. The van der Waals surface area contributed by atoms with E-state index in [1.165, 1.54) is 0 Å². The van der Waals surface area contributed by atoms with Crippen molar-refractivity contribution < 1.29 is 13.9 Å². The second-order valence-corrected chi connectivity index (χ2v) is 6.42. The first-order valence-corrected chi connectivity index (χ1v) is 7.30. The third-order valence-corrected chi connectivity index (χ3v) is 4.68. The number of ether oxygens (including phenoxy) is 2. The summed E-state index contributed by atoms with van der Waals surface area (Å²) in [6.45, 7) is 3.91. The summed E-state index contributed by atoms with van der Waals surface area (Å²) >= 11 is 0. The van der Waals surface area contributed by atoms with E-state index in [2.05, 4.69) is 0 Å². The summed E-state index contributed by atoms with van der Waals surface area (Å²) in [5.74, 6) is 1.42. The van der Waals surface area contributed by atoms with Crippen LogP contribution in [0, 0.1) is 0 Å². The summed E-state index contributed by atoms with van der Waals surface area (Å²) < 4.78 is 25.5. The molecule has 0 aromatic heterocycles. The molecule has 1 heterocycles. The predicted octanol–water partition coefficient (Wildman–Crippen LogP) is 3.39. The number of hydrogen-bond acceptors (Lipinski definition) is 3. The van der Waals surface area contributed by atoms with Crippen LogP contribution in [0.5, 0.6) is 11.5 Å². The lowest BCUT2D eigenvalue weighted by Crippen LogP contribution is -2.32. The van der Waals surface area contributed by atoms with Crippen molar-refractivity contribution >= 4 is 0 Å². The highest BCUT2D eigenvalue weighted by molar-refractivity contribution is 5.55. The zero-order valence-electron chi connectivity index (χ0n) is 12.2. The number of fused-ring (bicyclic) bond motifs is 1. The summed E-state index contributed by atoms with van der Waals surface area (Å²) in [4.78, 5) is 0. The second kappa shape index (κ2) is 4.62. The Labute approximate surface area is 119 Å². The molecule has 2 N–H and O–H groups in total. The third-order valence-electron chi connectivity index (χ3n) is 4.68. The summed E-state index contributed by atoms with van der Waals surface area (Å²) in [5.41, 5.74) is 6.25. The summed E-state index contributed by atoms with van der Waals surface area (Å²) in [5, 5.41) is 0. The van der Waals surface area contributed by atoms with Gasteiger partial charge in [0.15, 0.2) is 11.5 Å². The number of hydrogen-bond donors (Lipinski definition) is 1. The van der Waals surface area contributed by atoms with Crippen LogP contribution in [0.2, 0.25) is 0 Å². The van der Waals surface area contributed by atoms with Crippen LogP contribution in [0.4, 0.5) is 4.39 Å². The molecule has 2 aliphatic rings. The molecule has 1 saturated carbocycles. The number of halogens is 1. The molecule has 110 valence electrons. The molecule has 1 aliphatic heterocycles. The van der Waals surface area contributed by atoms with Gasteiger partial charge in [-0.25, -0.2) is 4.39 Å². The lowest BCUT2D eigenvalue weighted by atomic mass is 9.77. The highest BCUT2D eigenvalue weighted by atomic mass is 19.1. The van der Waals surface area contributed by atoms with Crippen LogP contribution in [0.3, 0.4) is 0 Å². The van der Waals surface area contributed by atoms with Gasteiger partial charge in [0.05, 0.1) is 0 Å². The van der Waals surface area contributed by atoms with Gasteiger partial charge in [0.25, 0.3) is 0 Å². The molecule has 0 amide bonds. The third kappa shape index (κ3) is 2.06. The smallest absolute Gasteiger partial charge is 0.231 e. The van der Waals surface area contributed by atoms with Crippen LogP contribution in [0.1, 0.15) is 50.7 Å². The van der Waals surface area contributed by atoms with E-state index in [-0.39, 0.29) is 12.2 Å². The maximum absolute atomic E-state index is 14.4. The van der Waals surface area contributed by atoms with Gasteiger partial charge in [-0.1, -0.05) is 12.8 Å². The van der Waals surface area contributed by atoms with E-state index in [0.29, 0.717) is 17.9 Å². The van der Waals surface area contributed by atoms with E-state index in [1.54, 1.807) is 19.9 Å². The van der Waals surface area contributed by atoms with Crippen LogP contribution in [-0.2, 0) is 11.1 Å². The molecular weight excluding hydrogens is 257 g/mol. The van der Waals surface area contributed by atoms with Crippen LogP contribution in [0.15, 0.2) is 12.1 Å². The number of nitrogens with two attached hydrogens (primary N) is 1. The quantitative estimate of drug-likeness (QED) is 0.922. The Bertz CT molecular complexity index is 516. The average molecular weight is 279 g/mol. The fourth-order valence-electron chi connectivity index (χ4n) is 3.38. The van der Waals surface area contributed by atoms with Crippen LogP contribution in [0.25, 0.3) is 0 Å². The molecule has 0 bridgehead atoms. The van der Waals surface area contributed by atoms with Crippen molar-refractivity contribution in [2.75, 3.05) is 13.3 Å². The molecule has 0 radical (unpaired) electrons. The van der Waals surface area contributed by atoms with Crippen molar-refractivity contribution in [3.05, 3.63) is 23.3 Å². The summed E-state index contributed by atoms with van der Waals surface area (Å²) in [6, 6.07) is 3.69. The Morgan fingerprint density at radius 1 is 1.25 bits per heavy atom. The van der Waals surface area contributed by atoms with Gasteiger partial charge < -0.3 is 15.2 Å². The van der Waals surface area contributed by atoms with Gasteiger partial charge in [0.1, 0.15) is 5.67 Å². The van der Waals surface area contributed by atoms with Gasteiger partial charge in [-0.15, -0.1) is 0 Å². The Morgan fingerprint density at radius 2 is 1.95 bits per heavy atom. The van der Waals surface area contributed by atoms with E-state index >= 15 is 0 Å². The fourth-order valence-corrected chi connectivity index (χ4v) is 3.38. The minimum Gasteiger partial charge on any atom is -0.454 e. The Balaban J connectivity index is 2.16. The lowest BCUT2D eigenvalue weighted by Gasteiger charge is -2.30. The van der Waals surface area contributed by atoms with Crippen molar-refractivity contribution in [3.63, 3.8) is 0 Å². The van der Waals surface area contributed by atoms with Gasteiger partial charge in [0, 0.05) is 17.5 Å². The first kappa shape index (κ1) is 13.7. The molecule has 0 atom stereocenters. The maximum atomic E-state index is 14.4. The normalized spacial score (nSPS) is 20.4. The minimum absolute atomic E-state index is 0.0843. The molecule has 0 unspecified atom stereocenters. The molecule has 0 saturated heterocycles. The van der Waals surface area contributed by atoms with Crippen LogP contribution < -0.4 is 15.2 Å². The van der Waals surface area contributed by atoms with Crippen LogP contribution >= 0.6 is 0 Å². The summed E-state index contributed by atoms with van der Waals surface area (Å²) in [6.07, 6.45) is 4.40. The summed E-state index contributed by atoms with van der Waals surface area (Å²) in [7, 11) is 0. The molecule has 20 heavy (non-hydrogen) atoms. The van der Waals surface area contributed by atoms with Gasteiger partial charge in [0.2, 0.25) is 6.79 Å². The molecule has 3 rings (SSSR count). The number of benzene rings is 1. The lowest BCUT2D eigenvalue weighted by molar-refractivity contribution is 0.171. The van der Waals surface area contributed by atoms with Crippen molar-refractivity contribution in [2.45, 2.75) is 50.6 Å². The topological polar surface area (TPSA) is 44.5 Å². The molecule has 1 aliphatic carbocycles. The average Bonchev–Trinajstić information content (AvgIpc) is 3.06. The molecule has 0 spiro atoms.